The van der Waals surface area contributed by atoms with Crippen molar-refractivity contribution in [3.05, 3.63) is 12.2 Å². The zero-order valence-corrected chi connectivity index (χ0v) is 9.61. The molecule has 0 spiro atoms. The highest BCUT2D eigenvalue weighted by atomic mass is 17.9. The van der Waals surface area contributed by atoms with Crippen molar-refractivity contribution in [1.29, 1.82) is 0 Å². The van der Waals surface area contributed by atoms with Crippen LogP contribution >= 0.6 is 0 Å². The first-order chi connectivity index (χ1) is 8.68. The van der Waals surface area contributed by atoms with E-state index in [0.29, 0.717) is 0 Å². The molecule has 106 valence electrons. The Kier molecular flexibility index (Phi) is 11.5. The van der Waals surface area contributed by atoms with E-state index in [1.807, 2.05) is 0 Å². The van der Waals surface area contributed by atoms with Crippen LogP contribution in [0.1, 0.15) is 6.92 Å². The predicted octanol–water partition coefficient (Wildman–Crippen LogP) is 0.205. The Morgan fingerprint density at radius 3 is 2.06 bits per heavy atom. The van der Waals surface area contributed by atoms with Crippen molar-refractivity contribution in [1.82, 2.24) is 0 Å². The number of hydrogen-bond donors (Lipinski definition) is 0. The molecule has 0 heterocycles. The third kappa shape index (κ3) is 11.3. The second-order valence-electron chi connectivity index (χ2n) is 2.38. The Morgan fingerprint density at radius 2 is 1.50 bits per heavy atom. The average molecular weight is 272 g/mol. The van der Waals surface area contributed by atoms with Gasteiger partial charge in [-0.25, -0.2) is 14.6 Å². The van der Waals surface area contributed by atoms with Gasteiger partial charge in [-0.3, -0.25) is 0 Å². The molecule has 0 aliphatic rings. The fourth-order valence-corrected chi connectivity index (χ4v) is 0.430. The number of carbonyl (C=O) groups is 1. The van der Waals surface area contributed by atoms with Gasteiger partial charge in [0.05, 0.1) is 7.11 Å². The highest BCUT2D eigenvalue weighted by Crippen LogP contribution is 1.93. The molecule has 0 aliphatic heterocycles. The molecule has 0 saturated heterocycles. The van der Waals surface area contributed by atoms with Crippen molar-refractivity contribution in [2.24, 2.45) is 0 Å². The highest BCUT2D eigenvalue weighted by Gasteiger charge is 2.02. The summed E-state index contributed by atoms with van der Waals surface area (Å²) in [5.41, 5.74) is 0.263. The zero-order valence-electron chi connectivity index (χ0n) is 9.61. The fourth-order valence-electron chi connectivity index (χ4n) is 0.430. The normalized spacial score (nSPS) is 10.3. The van der Waals surface area contributed by atoms with Gasteiger partial charge < -0.3 is 4.74 Å². The molecule has 0 atom stereocenters. The molecule has 0 bridgehead atoms. The zero-order chi connectivity index (χ0) is 13.6. The summed E-state index contributed by atoms with van der Waals surface area (Å²) in [5.74, 6) is -0.553. The number of rotatable bonds is 12. The van der Waals surface area contributed by atoms with Gasteiger partial charge >= 0.3 is 5.97 Å². The number of esters is 1. The van der Waals surface area contributed by atoms with Crippen LogP contribution in [0.25, 0.3) is 0 Å². The maximum Gasteiger partial charge on any atom is 0.333 e. The van der Waals surface area contributed by atoms with E-state index in [1.54, 1.807) is 0 Å². The van der Waals surface area contributed by atoms with Gasteiger partial charge in [0.25, 0.3) is 0 Å². The van der Waals surface area contributed by atoms with Gasteiger partial charge in [-0.05, 0) is 42.2 Å². The minimum atomic E-state index is -0.553. The Hall–Kier alpha value is -1.15. The molecule has 11 heteroatoms. The molecule has 0 N–H and O–H groups in total. The quantitative estimate of drug-likeness (QED) is 0.160. The summed E-state index contributed by atoms with van der Waals surface area (Å²) in [6.45, 7) is 4.68. The summed E-state index contributed by atoms with van der Waals surface area (Å²) < 4.78 is 4.63. The first-order valence-corrected chi connectivity index (χ1v) is 4.33. The predicted molar refractivity (Wildman–Crippen MR) is 46.3 cm³/mol. The number of ether oxygens (including phenoxy) is 1. The summed E-state index contributed by atoms with van der Waals surface area (Å²) in [7, 11) is 1.15. The smallest absolute Gasteiger partial charge is 0.333 e. The van der Waals surface area contributed by atoms with E-state index in [4.69, 9.17) is 0 Å². The van der Waals surface area contributed by atoms with E-state index >= 15 is 0 Å². The second-order valence-corrected chi connectivity index (χ2v) is 2.38. The maximum atomic E-state index is 10.9. The minimum Gasteiger partial charge on any atom is -0.460 e. The van der Waals surface area contributed by atoms with Crippen molar-refractivity contribution in [3.63, 3.8) is 0 Å². The SMILES string of the molecule is C=C(C)C(=O)OCCOOOOOOOOOC. The van der Waals surface area contributed by atoms with Crippen LogP contribution < -0.4 is 0 Å². The summed E-state index contributed by atoms with van der Waals surface area (Å²) in [6.07, 6.45) is 0. The molecule has 0 unspecified atom stereocenters. The van der Waals surface area contributed by atoms with Gasteiger partial charge in [-0.1, -0.05) is 6.58 Å². The Morgan fingerprint density at radius 1 is 0.944 bits per heavy atom. The average Bonchev–Trinajstić information content (AvgIpc) is 2.35. The van der Waals surface area contributed by atoms with E-state index in [-0.39, 0.29) is 18.8 Å². The van der Waals surface area contributed by atoms with Crippen molar-refractivity contribution >= 4 is 5.97 Å². The molecule has 11 nitrogen and oxygen atoms in total. The minimum absolute atomic E-state index is 0.0722. The van der Waals surface area contributed by atoms with E-state index < -0.39 is 5.97 Å². The van der Waals surface area contributed by atoms with Crippen LogP contribution in [0.3, 0.4) is 0 Å². The van der Waals surface area contributed by atoms with Crippen LogP contribution in [0.2, 0.25) is 0 Å². The Balaban J connectivity index is 3.07. The topological polar surface area (TPSA) is 109 Å². The Labute approximate surface area is 101 Å². The van der Waals surface area contributed by atoms with Crippen LogP contribution in [0.5, 0.6) is 0 Å². The summed E-state index contributed by atoms with van der Waals surface area (Å²) in [4.78, 5) is 19.1. The maximum absolute atomic E-state index is 10.9. The first-order valence-electron chi connectivity index (χ1n) is 4.33. The molecule has 0 amide bonds. The monoisotopic (exact) mass is 272 g/mol. The van der Waals surface area contributed by atoms with E-state index in [1.165, 1.54) is 6.92 Å². The molecule has 18 heavy (non-hydrogen) atoms. The van der Waals surface area contributed by atoms with Crippen LogP contribution in [0, 0.1) is 0 Å². The van der Waals surface area contributed by atoms with Crippen molar-refractivity contribution < 1.29 is 54.6 Å². The molecular formula is C7H12O11. The van der Waals surface area contributed by atoms with Crippen LogP contribution in [0.15, 0.2) is 12.2 Å². The first kappa shape index (κ1) is 16.9. The number of hydrogen-bond acceptors (Lipinski definition) is 11. The van der Waals surface area contributed by atoms with Crippen LogP contribution in [-0.4, -0.2) is 26.3 Å². The second kappa shape index (κ2) is 12.3. The van der Waals surface area contributed by atoms with Gasteiger partial charge in [0.15, 0.2) is 0 Å². The summed E-state index contributed by atoms with van der Waals surface area (Å²) >= 11 is 0. The van der Waals surface area contributed by atoms with Crippen molar-refractivity contribution in [2.45, 2.75) is 6.92 Å². The molecule has 0 aromatic heterocycles. The lowest BCUT2D eigenvalue weighted by atomic mass is 10.4. The third-order valence-corrected chi connectivity index (χ3v) is 1.03. The lowest BCUT2D eigenvalue weighted by Gasteiger charge is -2.03. The van der Waals surface area contributed by atoms with Gasteiger partial charge in [0.1, 0.15) is 13.2 Å². The lowest BCUT2D eigenvalue weighted by Crippen LogP contribution is -2.11. The molecule has 0 rings (SSSR count). The van der Waals surface area contributed by atoms with Gasteiger partial charge in [-0.2, -0.15) is 0 Å². The van der Waals surface area contributed by atoms with Crippen LogP contribution in [-0.2, 0) is 54.6 Å². The Bertz CT molecular complexity index is 229. The third-order valence-electron chi connectivity index (χ3n) is 1.03. The van der Waals surface area contributed by atoms with Crippen LogP contribution in [0.4, 0.5) is 0 Å². The summed E-state index contributed by atoms with van der Waals surface area (Å²) in [5, 5.41) is 26.1. The summed E-state index contributed by atoms with van der Waals surface area (Å²) in [6, 6.07) is 0. The molecule has 0 aromatic rings. The van der Waals surface area contributed by atoms with Gasteiger partial charge in [0.2, 0.25) is 0 Å². The van der Waals surface area contributed by atoms with Gasteiger partial charge in [0, 0.05) is 5.57 Å². The van der Waals surface area contributed by atoms with E-state index in [0.717, 1.165) is 7.11 Å². The number of carbonyl (C=O) groups excluding carboxylic acids is 1. The molecule has 0 aromatic carbocycles. The lowest BCUT2D eigenvalue weighted by molar-refractivity contribution is -0.830. The van der Waals surface area contributed by atoms with E-state index in [9.17, 15) is 4.79 Å². The fraction of sp³-hybridized carbons (Fsp3) is 0.571. The molecule has 0 saturated carbocycles. The van der Waals surface area contributed by atoms with Crippen molar-refractivity contribution in [3.8, 4) is 0 Å². The highest BCUT2D eigenvalue weighted by molar-refractivity contribution is 5.86. The molecule has 0 fully saturated rings. The van der Waals surface area contributed by atoms with Gasteiger partial charge in [-0.15, -0.1) is 0 Å². The molecule has 0 aliphatic carbocycles. The largest absolute Gasteiger partial charge is 0.460 e. The van der Waals surface area contributed by atoms with Crippen molar-refractivity contribution in [2.75, 3.05) is 20.3 Å². The molecule has 0 radical (unpaired) electrons. The van der Waals surface area contributed by atoms with E-state index in [2.05, 4.69) is 56.4 Å². The standard InChI is InChI=1S/C7H12O11/c1-6(2)7(8)10-4-5-11-13-15-17-18-16-14-12-9-3/h1,4-5H2,2-3H3. The molecular weight excluding hydrogens is 260 g/mol.